The van der Waals surface area contributed by atoms with Crippen LogP contribution in [0.4, 0.5) is 10.1 Å². The zero-order valence-corrected chi connectivity index (χ0v) is 16.5. The Bertz CT molecular complexity index is 1130. The number of hydrogen-bond acceptors (Lipinski definition) is 5. The number of nitrogens with one attached hydrogen (secondary N) is 1. The largest absolute Gasteiger partial charge is 0.493 e. The molecule has 0 atom stereocenters. The minimum atomic E-state index is -0.315. The van der Waals surface area contributed by atoms with E-state index in [4.69, 9.17) is 21.1 Å². The summed E-state index contributed by atoms with van der Waals surface area (Å²) in [7, 11) is 3.16. The van der Waals surface area contributed by atoms with E-state index in [1.165, 1.54) is 12.1 Å². The molecule has 7 heteroatoms. The first-order valence-corrected chi connectivity index (χ1v) is 9.17. The van der Waals surface area contributed by atoms with Gasteiger partial charge < -0.3 is 9.47 Å². The molecule has 3 aromatic rings. The molecule has 0 amide bonds. The molecule has 0 aromatic heterocycles. The normalized spacial score (nSPS) is 12.8. The molecule has 0 saturated heterocycles. The van der Waals surface area contributed by atoms with Crippen molar-refractivity contribution in [3.8, 4) is 11.5 Å². The lowest BCUT2D eigenvalue weighted by Crippen LogP contribution is -2.19. The quantitative estimate of drug-likeness (QED) is 0.664. The summed E-state index contributed by atoms with van der Waals surface area (Å²) in [5.41, 5.74) is 6.60. The summed E-state index contributed by atoms with van der Waals surface area (Å²) in [5.74, 6) is 1.39. The van der Waals surface area contributed by atoms with Gasteiger partial charge in [0.05, 0.1) is 19.9 Å². The van der Waals surface area contributed by atoms with Crippen LogP contribution in [0.25, 0.3) is 0 Å². The van der Waals surface area contributed by atoms with Gasteiger partial charge in [0.2, 0.25) is 0 Å². The van der Waals surface area contributed by atoms with Crippen molar-refractivity contribution >= 4 is 28.8 Å². The number of rotatable bonds is 4. The van der Waals surface area contributed by atoms with Crippen molar-refractivity contribution in [2.75, 3.05) is 14.2 Å². The summed E-state index contributed by atoms with van der Waals surface area (Å²) in [4.78, 5) is 4.69. The standard InChI is InChI=1S/C22H17ClFN3O2/c1-28-19-10-5-14(11-20(19)29-2)21-17-12-15(23)6-9-18(17)25-22(27-26-21)13-3-7-16(24)8-4-13/h3-12H,1-2H3,(H,25,27). The first-order valence-electron chi connectivity index (χ1n) is 8.79. The number of halogens is 2. The smallest absolute Gasteiger partial charge is 0.161 e. The highest BCUT2D eigenvalue weighted by Gasteiger charge is 2.19. The van der Waals surface area contributed by atoms with Gasteiger partial charge in [-0.1, -0.05) is 11.6 Å². The first-order chi connectivity index (χ1) is 14.1. The zero-order valence-electron chi connectivity index (χ0n) is 15.7. The summed E-state index contributed by atoms with van der Waals surface area (Å²) < 4.78 is 24.1. The summed E-state index contributed by atoms with van der Waals surface area (Å²) in [6.07, 6.45) is 0. The molecule has 1 aliphatic heterocycles. The summed E-state index contributed by atoms with van der Waals surface area (Å²) in [6.45, 7) is 0. The monoisotopic (exact) mass is 409 g/mol. The first kappa shape index (κ1) is 19.0. The molecular formula is C22H17ClFN3O2. The van der Waals surface area contributed by atoms with Crippen LogP contribution in [0.3, 0.4) is 0 Å². The van der Waals surface area contributed by atoms with E-state index < -0.39 is 0 Å². The van der Waals surface area contributed by atoms with Crippen molar-refractivity contribution in [2.45, 2.75) is 0 Å². The molecule has 146 valence electrons. The molecule has 0 spiro atoms. The Balaban J connectivity index is 1.85. The molecule has 0 unspecified atom stereocenters. The van der Waals surface area contributed by atoms with Gasteiger partial charge in [-0.05, 0) is 60.7 Å². The molecule has 5 nitrogen and oxygen atoms in total. The molecular weight excluding hydrogens is 393 g/mol. The van der Waals surface area contributed by atoms with Gasteiger partial charge in [-0.3, -0.25) is 5.43 Å². The van der Waals surface area contributed by atoms with Gasteiger partial charge in [0.1, 0.15) is 11.5 Å². The van der Waals surface area contributed by atoms with E-state index in [2.05, 4.69) is 15.5 Å². The highest BCUT2D eigenvalue weighted by Crippen LogP contribution is 2.32. The van der Waals surface area contributed by atoms with E-state index in [9.17, 15) is 4.39 Å². The number of benzene rings is 3. The minimum absolute atomic E-state index is 0.315. The lowest BCUT2D eigenvalue weighted by Gasteiger charge is -2.12. The number of fused-ring (bicyclic) bond motifs is 1. The Hall–Kier alpha value is -3.38. The van der Waals surface area contributed by atoms with Crippen LogP contribution < -0.4 is 14.9 Å². The van der Waals surface area contributed by atoms with E-state index in [1.807, 2.05) is 30.3 Å². The summed E-state index contributed by atoms with van der Waals surface area (Å²) in [6, 6.07) is 17.0. The van der Waals surface area contributed by atoms with Gasteiger partial charge in [0.25, 0.3) is 0 Å². The zero-order chi connectivity index (χ0) is 20.4. The maximum absolute atomic E-state index is 13.3. The van der Waals surface area contributed by atoms with Crippen molar-refractivity contribution in [1.82, 2.24) is 5.43 Å². The van der Waals surface area contributed by atoms with E-state index in [0.717, 1.165) is 11.1 Å². The van der Waals surface area contributed by atoms with Crippen molar-refractivity contribution in [1.29, 1.82) is 0 Å². The second-order valence-corrected chi connectivity index (χ2v) is 6.71. The molecule has 4 rings (SSSR count). The number of hydrogen-bond donors (Lipinski definition) is 1. The van der Waals surface area contributed by atoms with Crippen LogP contribution in [-0.2, 0) is 0 Å². The fourth-order valence-corrected chi connectivity index (χ4v) is 3.22. The van der Waals surface area contributed by atoms with E-state index >= 15 is 0 Å². The van der Waals surface area contributed by atoms with Crippen LogP contribution in [0.5, 0.6) is 11.5 Å². The van der Waals surface area contributed by atoms with Gasteiger partial charge in [0, 0.05) is 21.7 Å². The highest BCUT2D eigenvalue weighted by molar-refractivity contribution is 6.31. The lowest BCUT2D eigenvalue weighted by atomic mass is 10.0. The van der Waals surface area contributed by atoms with Gasteiger partial charge in [-0.25, -0.2) is 9.38 Å². The van der Waals surface area contributed by atoms with Gasteiger partial charge in [-0.2, -0.15) is 5.10 Å². The Morgan fingerprint density at radius 2 is 1.59 bits per heavy atom. The van der Waals surface area contributed by atoms with Crippen molar-refractivity contribution in [3.05, 3.63) is 88.2 Å². The van der Waals surface area contributed by atoms with Crippen LogP contribution in [0.1, 0.15) is 16.7 Å². The number of amidine groups is 1. The molecule has 1 aliphatic rings. The Morgan fingerprint density at radius 3 is 2.31 bits per heavy atom. The SMILES string of the molecule is COc1ccc(C2=NNC(c3ccc(F)cc3)=Nc3ccc(Cl)cc32)cc1OC. The van der Waals surface area contributed by atoms with Crippen LogP contribution in [0.15, 0.2) is 70.8 Å². The van der Waals surface area contributed by atoms with Gasteiger partial charge in [0.15, 0.2) is 17.3 Å². The third kappa shape index (κ3) is 3.79. The highest BCUT2D eigenvalue weighted by atomic mass is 35.5. The molecule has 0 aliphatic carbocycles. The van der Waals surface area contributed by atoms with Crippen molar-refractivity contribution in [2.24, 2.45) is 10.1 Å². The number of nitrogens with zero attached hydrogens (tertiary/aromatic N) is 2. The molecule has 0 bridgehead atoms. The van der Waals surface area contributed by atoms with E-state index in [-0.39, 0.29) is 5.82 Å². The summed E-state index contributed by atoms with van der Waals surface area (Å²) in [5, 5.41) is 5.14. The van der Waals surface area contributed by atoms with Crippen LogP contribution in [0.2, 0.25) is 5.02 Å². The van der Waals surface area contributed by atoms with Crippen molar-refractivity contribution in [3.63, 3.8) is 0 Å². The molecule has 3 aromatic carbocycles. The second-order valence-electron chi connectivity index (χ2n) is 6.27. The molecule has 29 heavy (non-hydrogen) atoms. The predicted octanol–water partition coefficient (Wildman–Crippen LogP) is 4.93. The van der Waals surface area contributed by atoms with Gasteiger partial charge >= 0.3 is 0 Å². The third-order valence-corrected chi connectivity index (χ3v) is 4.73. The molecule has 0 radical (unpaired) electrons. The maximum atomic E-state index is 13.3. The van der Waals surface area contributed by atoms with Crippen LogP contribution in [0, 0.1) is 5.82 Å². The number of hydrazone groups is 1. The van der Waals surface area contributed by atoms with E-state index in [1.54, 1.807) is 32.4 Å². The summed E-state index contributed by atoms with van der Waals surface area (Å²) >= 11 is 6.25. The number of aliphatic imine (C=N–C) groups is 1. The van der Waals surface area contributed by atoms with Crippen LogP contribution in [-0.4, -0.2) is 25.8 Å². The molecule has 1 N–H and O–H groups in total. The average Bonchev–Trinajstić information content (AvgIpc) is 2.93. The lowest BCUT2D eigenvalue weighted by molar-refractivity contribution is 0.355. The van der Waals surface area contributed by atoms with Crippen LogP contribution >= 0.6 is 11.6 Å². The fraction of sp³-hybridized carbons (Fsp3) is 0.0909. The average molecular weight is 410 g/mol. The minimum Gasteiger partial charge on any atom is -0.493 e. The number of ether oxygens (including phenoxy) is 2. The predicted molar refractivity (Wildman–Crippen MR) is 112 cm³/mol. The number of methoxy groups -OCH3 is 2. The molecule has 0 fully saturated rings. The Morgan fingerprint density at radius 1 is 0.862 bits per heavy atom. The van der Waals surface area contributed by atoms with Crippen molar-refractivity contribution < 1.29 is 13.9 Å². The maximum Gasteiger partial charge on any atom is 0.161 e. The topological polar surface area (TPSA) is 55.2 Å². The van der Waals surface area contributed by atoms with E-state index in [0.29, 0.717) is 39.3 Å². The Kier molecular flexibility index (Phi) is 5.18. The Labute approximate surface area is 172 Å². The fourth-order valence-electron chi connectivity index (χ4n) is 3.05. The van der Waals surface area contributed by atoms with Gasteiger partial charge in [-0.15, -0.1) is 0 Å². The molecule has 0 saturated carbocycles. The third-order valence-electron chi connectivity index (χ3n) is 4.49. The second kappa shape index (κ2) is 7.93. The molecule has 1 heterocycles.